The Bertz CT molecular complexity index is 387. The van der Waals surface area contributed by atoms with E-state index in [2.05, 4.69) is 5.10 Å². The average Bonchev–Trinajstić information content (AvgIpc) is 2.45. The van der Waals surface area contributed by atoms with Crippen LogP contribution in [0.2, 0.25) is 5.02 Å². The summed E-state index contributed by atoms with van der Waals surface area (Å²) in [7, 11) is 1.88. The first-order valence-corrected chi connectivity index (χ1v) is 6.25. The van der Waals surface area contributed by atoms with Crippen LogP contribution in [0.25, 0.3) is 0 Å². The molecule has 0 radical (unpaired) electrons. The van der Waals surface area contributed by atoms with Crippen LogP contribution in [0.4, 0.5) is 0 Å². The highest BCUT2D eigenvalue weighted by Gasteiger charge is 2.28. The van der Waals surface area contributed by atoms with Crippen molar-refractivity contribution in [3.63, 3.8) is 0 Å². The van der Waals surface area contributed by atoms with Gasteiger partial charge in [-0.15, -0.1) is 0 Å². The van der Waals surface area contributed by atoms with Crippen LogP contribution in [0, 0.1) is 6.92 Å². The summed E-state index contributed by atoms with van der Waals surface area (Å²) in [4.78, 5) is 0. The molecule has 1 aromatic rings. The highest BCUT2D eigenvalue weighted by molar-refractivity contribution is 6.31. The maximum atomic E-state index is 6.21. The molecule has 0 saturated heterocycles. The number of ether oxygens (including phenoxy) is 1. The van der Waals surface area contributed by atoms with Crippen molar-refractivity contribution < 1.29 is 4.74 Å². The predicted octanol–water partition coefficient (Wildman–Crippen LogP) is 2.07. The van der Waals surface area contributed by atoms with Crippen LogP contribution in [0.1, 0.15) is 32.2 Å². The van der Waals surface area contributed by atoms with E-state index in [0.717, 1.165) is 11.4 Å². The van der Waals surface area contributed by atoms with Gasteiger partial charge >= 0.3 is 0 Å². The molecular formula is C12H22ClN3O. The van der Waals surface area contributed by atoms with Gasteiger partial charge in [-0.25, -0.2) is 0 Å². The standard InChI is InChI=1S/C12H22ClN3O/c1-6-17-12(3,4)10(14)7-9-11(13)8(2)15-16(9)5/h10H,6-7,14H2,1-5H3. The summed E-state index contributed by atoms with van der Waals surface area (Å²) < 4.78 is 7.44. The summed E-state index contributed by atoms with van der Waals surface area (Å²) in [6, 6.07) is -0.116. The van der Waals surface area contributed by atoms with Gasteiger partial charge in [0.1, 0.15) is 0 Å². The molecule has 0 aliphatic heterocycles. The molecule has 0 bridgehead atoms. The van der Waals surface area contributed by atoms with Gasteiger partial charge in [-0.05, 0) is 27.7 Å². The molecule has 98 valence electrons. The Morgan fingerprint density at radius 3 is 2.53 bits per heavy atom. The highest BCUT2D eigenvalue weighted by Crippen LogP contribution is 2.24. The first-order chi connectivity index (χ1) is 7.79. The van der Waals surface area contributed by atoms with Crippen LogP contribution >= 0.6 is 11.6 Å². The van der Waals surface area contributed by atoms with Gasteiger partial charge in [0.05, 0.1) is 22.0 Å². The molecule has 0 spiro atoms. The Hall–Kier alpha value is -0.580. The summed E-state index contributed by atoms with van der Waals surface area (Å²) in [6.07, 6.45) is 0.656. The fourth-order valence-electron chi connectivity index (χ4n) is 1.83. The molecule has 0 aromatic carbocycles. The summed E-state index contributed by atoms with van der Waals surface area (Å²) >= 11 is 6.21. The summed E-state index contributed by atoms with van der Waals surface area (Å²) in [5.74, 6) is 0. The summed E-state index contributed by atoms with van der Waals surface area (Å²) in [6.45, 7) is 8.51. The number of nitrogens with zero attached hydrogens (tertiary/aromatic N) is 2. The van der Waals surface area contributed by atoms with E-state index in [1.807, 2.05) is 34.7 Å². The normalized spacial score (nSPS) is 14.1. The number of hydrogen-bond donors (Lipinski definition) is 1. The van der Waals surface area contributed by atoms with E-state index in [4.69, 9.17) is 22.1 Å². The molecule has 1 heterocycles. The summed E-state index contributed by atoms with van der Waals surface area (Å²) in [5, 5.41) is 4.98. The zero-order chi connectivity index (χ0) is 13.2. The van der Waals surface area contributed by atoms with Gasteiger partial charge in [-0.1, -0.05) is 11.6 Å². The SMILES string of the molecule is CCOC(C)(C)C(N)Cc1c(Cl)c(C)nn1C. The van der Waals surface area contributed by atoms with Gasteiger partial charge in [0.2, 0.25) is 0 Å². The largest absolute Gasteiger partial charge is 0.374 e. The van der Waals surface area contributed by atoms with Crippen molar-refractivity contribution in [3.8, 4) is 0 Å². The molecule has 1 atom stereocenters. The van der Waals surface area contributed by atoms with E-state index < -0.39 is 0 Å². The maximum absolute atomic E-state index is 6.21. The molecule has 1 rings (SSSR count). The van der Waals surface area contributed by atoms with Gasteiger partial charge in [0.25, 0.3) is 0 Å². The minimum Gasteiger partial charge on any atom is -0.374 e. The molecule has 5 heteroatoms. The van der Waals surface area contributed by atoms with Crippen LogP contribution < -0.4 is 5.73 Å². The van der Waals surface area contributed by atoms with E-state index in [-0.39, 0.29) is 11.6 Å². The van der Waals surface area contributed by atoms with Crippen molar-refractivity contribution in [2.24, 2.45) is 12.8 Å². The lowest BCUT2D eigenvalue weighted by atomic mass is 9.95. The van der Waals surface area contributed by atoms with E-state index in [1.165, 1.54) is 0 Å². The quantitative estimate of drug-likeness (QED) is 0.881. The number of rotatable bonds is 5. The van der Waals surface area contributed by atoms with Crippen LogP contribution in [-0.2, 0) is 18.2 Å². The van der Waals surface area contributed by atoms with Gasteiger partial charge in [0, 0.05) is 26.1 Å². The second kappa shape index (κ2) is 5.38. The van der Waals surface area contributed by atoms with Crippen molar-refractivity contribution >= 4 is 11.6 Å². The lowest BCUT2D eigenvalue weighted by molar-refractivity contribution is -0.0291. The van der Waals surface area contributed by atoms with Crippen LogP contribution in [0.3, 0.4) is 0 Å². The third kappa shape index (κ3) is 3.21. The lowest BCUT2D eigenvalue weighted by Gasteiger charge is -2.31. The molecule has 4 nitrogen and oxygen atoms in total. The first kappa shape index (κ1) is 14.5. The number of halogens is 1. The molecule has 0 fully saturated rings. The Balaban J connectivity index is 2.84. The third-order valence-corrected chi connectivity index (χ3v) is 3.58. The maximum Gasteiger partial charge on any atom is 0.0847 e. The van der Waals surface area contributed by atoms with Crippen molar-refractivity contribution in [3.05, 3.63) is 16.4 Å². The van der Waals surface area contributed by atoms with Crippen molar-refractivity contribution in [2.45, 2.75) is 45.8 Å². The van der Waals surface area contributed by atoms with Gasteiger partial charge in [-0.2, -0.15) is 5.10 Å². The monoisotopic (exact) mass is 259 g/mol. The summed E-state index contributed by atoms with van der Waals surface area (Å²) in [5.41, 5.74) is 7.63. The fraction of sp³-hybridized carbons (Fsp3) is 0.750. The van der Waals surface area contributed by atoms with Gasteiger partial charge in [-0.3, -0.25) is 4.68 Å². The van der Waals surface area contributed by atoms with Gasteiger partial charge in [0.15, 0.2) is 0 Å². The minimum atomic E-state index is -0.365. The minimum absolute atomic E-state index is 0.116. The molecule has 17 heavy (non-hydrogen) atoms. The van der Waals surface area contributed by atoms with E-state index in [9.17, 15) is 0 Å². The van der Waals surface area contributed by atoms with E-state index in [0.29, 0.717) is 18.1 Å². The second-order valence-electron chi connectivity index (χ2n) is 4.82. The van der Waals surface area contributed by atoms with E-state index in [1.54, 1.807) is 4.68 Å². The molecule has 0 aliphatic rings. The molecule has 0 amide bonds. The third-order valence-electron chi connectivity index (χ3n) is 3.08. The van der Waals surface area contributed by atoms with Crippen LogP contribution in [0.15, 0.2) is 0 Å². The first-order valence-electron chi connectivity index (χ1n) is 5.87. The number of aromatic nitrogens is 2. The molecule has 0 aliphatic carbocycles. The highest BCUT2D eigenvalue weighted by atomic mass is 35.5. The van der Waals surface area contributed by atoms with Crippen molar-refractivity contribution in [2.75, 3.05) is 6.61 Å². The van der Waals surface area contributed by atoms with E-state index >= 15 is 0 Å². The number of hydrogen-bond acceptors (Lipinski definition) is 3. The topological polar surface area (TPSA) is 53.1 Å². The molecular weight excluding hydrogens is 238 g/mol. The smallest absolute Gasteiger partial charge is 0.0847 e. The fourth-order valence-corrected chi connectivity index (χ4v) is 2.07. The lowest BCUT2D eigenvalue weighted by Crippen LogP contribution is -2.47. The Morgan fingerprint density at radius 1 is 1.53 bits per heavy atom. The Morgan fingerprint density at radius 2 is 2.12 bits per heavy atom. The van der Waals surface area contributed by atoms with Crippen LogP contribution in [0.5, 0.6) is 0 Å². The molecule has 2 N–H and O–H groups in total. The second-order valence-corrected chi connectivity index (χ2v) is 5.19. The average molecular weight is 260 g/mol. The molecule has 1 unspecified atom stereocenters. The molecule has 1 aromatic heterocycles. The van der Waals surface area contributed by atoms with Gasteiger partial charge < -0.3 is 10.5 Å². The number of nitrogens with two attached hydrogens (primary N) is 1. The predicted molar refractivity (Wildman–Crippen MR) is 70.3 cm³/mol. The Kier molecular flexibility index (Phi) is 4.58. The Labute approximate surface area is 108 Å². The van der Waals surface area contributed by atoms with Crippen molar-refractivity contribution in [1.82, 2.24) is 9.78 Å². The zero-order valence-electron chi connectivity index (χ0n) is 11.2. The van der Waals surface area contributed by atoms with Crippen molar-refractivity contribution in [1.29, 1.82) is 0 Å². The van der Waals surface area contributed by atoms with Crippen LogP contribution in [-0.4, -0.2) is 28.0 Å². The zero-order valence-corrected chi connectivity index (χ0v) is 12.0. The molecule has 0 saturated carbocycles. The number of aryl methyl sites for hydroxylation is 2.